The molecule has 0 aromatic heterocycles. The molecule has 0 bridgehead atoms. The van der Waals surface area contributed by atoms with Gasteiger partial charge in [-0.15, -0.1) is 0 Å². The summed E-state index contributed by atoms with van der Waals surface area (Å²) in [6.07, 6.45) is 0.244. The zero-order valence-electron chi connectivity index (χ0n) is 12.8. The van der Waals surface area contributed by atoms with Gasteiger partial charge in [0.2, 0.25) is 5.91 Å². The van der Waals surface area contributed by atoms with Gasteiger partial charge < -0.3 is 14.7 Å². The Labute approximate surface area is 125 Å². The number of hydrogen-bond acceptors (Lipinski definition) is 4. The standard InChI is InChI=1S/C16H22N2O3/c1-4-18(12-16(2,3)20)15(19)11-13-6-5-7-14(10-13)21-9-8-17/h5-7,10,20H,4,9,11-12H2,1-3H3. The molecular weight excluding hydrogens is 268 g/mol. The molecule has 1 rings (SSSR count). The molecule has 0 fully saturated rings. The summed E-state index contributed by atoms with van der Waals surface area (Å²) < 4.78 is 5.22. The number of aliphatic hydroxyl groups is 1. The molecule has 0 atom stereocenters. The van der Waals surface area contributed by atoms with Crippen LogP contribution in [0.25, 0.3) is 0 Å². The minimum atomic E-state index is -0.913. The maximum Gasteiger partial charge on any atom is 0.227 e. The Morgan fingerprint density at radius 1 is 1.48 bits per heavy atom. The maximum absolute atomic E-state index is 12.3. The van der Waals surface area contributed by atoms with Crippen LogP contribution in [0.1, 0.15) is 26.3 Å². The van der Waals surface area contributed by atoms with Gasteiger partial charge in [-0.05, 0) is 38.5 Å². The molecule has 0 saturated carbocycles. The van der Waals surface area contributed by atoms with E-state index in [1.165, 1.54) is 0 Å². The first kappa shape index (κ1) is 17.0. The molecule has 0 aliphatic carbocycles. The number of hydrogen-bond donors (Lipinski definition) is 1. The minimum absolute atomic E-state index is 0.0167. The van der Waals surface area contributed by atoms with Crippen LogP contribution in [0.15, 0.2) is 24.3 Å². The number of amides is 1. The SMILES string of the molecule is CCN(CC(C)(C)O)C(=O)Cc1cccc(OCC#N)c1. The van der Waals surface area contributed by atoms with E-state index in [0.717, 1.165) is 5.56 Å². The molecule has 0 radical (unpaired) electrons. The van der Waals surface area contributed by atoms with E-state index in [1.807, 2.05) is 19.1 Å². The van der Waals surface area contributed by atoms with Crippen LogP contribution in [0.4, 0.5) is 0 Å². The van der Waals surface area contributed by atoms with Crippen LogP contribution in [-0.2, 0) is 11.2 Å². The Morgan fingerprint density at radius 3 is 2.76 bits per heavy atom. The largest absolute Gasteiger partial charge is 0.479 e. The normalized spacial score (nSPS) is 10.8. The predicted molar refractivity (Wildman–Crippen MR) is 79.8 cm³/mol. The van der Waals surface area contributed by atoms with Crippen LogP contribution in [-0.4, -0.2) is 41.2 Å². The van der Waals surface area contributed by atoms with Crippen molar-refractivity contribution in [3.05, 3.63) is 29.8 Å². The van der Waals surface area contributed by atoms with E-state index in [9.17, 15) is 9.90 Å². The quantitative estimate of drug-likeness (QED) is 0.830. The van der Waals surface area contributed by atoms with Crippen molar-refractivity contribution >= 4 is 5.91 Å². The van der Waals surface area contributed by atoms with Gasteiger partial charge in [-0.2, -0.15) is 5.26 Å². The van der Waals surface area contributed by atoms with Gasteiger partial charge >= 0.3 is 0 Å². The van der Waals surface area contributed by atoms with Crippen molar-refractivity contribution in [2.45, 2.75) is 32.8 Å². The lowest BCUT2D eigenvalue weighted by Crippen LogP contribution is -2.42. The predicted octanol–water partition coefficient (Wildman–Crippen LogP) is 1.75. The number of nitriles is 1. The number of carbonyl (C=O) groups is 1. The average Bonchev–Trinajstić information content (AvgIpc) is 2.42. The van der Waals surface area contributed by atoms with Gasteiger partial charge in [-0.1, -0.05) is 12.1 Å². The average molecular weight is 290 g/mol. The lowest BCUT2D eigenvalue weighted by Gasteiger charge is -2.28. The summed E-state index contributed by atoms with van der Waals surface area (Å²) in [4.78, 5) is 13.9. The molecule has 21 heavy (non-hydrogen) atoms. The lowest BCUT2D eigenvalue weighted by atomic mass is 10.1. The highest BCUT2D eigenvalue weighted by molar-refractivity contribution is 5.79. The fraction of sp³-hybridized carbons (Fsp3) is 0.500. The topological polar surface area (TPSA) is 73.6 Å². The van der Waals surface area contributed by atoms with Crippen molar-refractivity contribution in [2.24, 2.45) is 0 Å². The third-order valence-corrected chi connectivity index (χ3v) is 2.87. The van der Waals surface area contributed by atoms with Crippen LogP contribution >= 0.6 is 0 Å². The van der Waals surface area contributed by atoms with Crippen LogP contribution in [0, 0.1) is 11.3 Å². The summed E-state index contributed by atoms with van der Waals surface area (Å²) in [5.74, 6) is 0.532. The summed E-state index contributed by atoms with van der Waals surface area (Å²) in [6, 6.07) is 9.05. The highest BCUT2D eigenvalue weighted by Gasteiger charge is 2.21. The molecule has 114 valence electrons. The molecule has 1 N–H and O–H groups in total. The molecule has 0 aliphatic rings. The summed E-state index contributed by atoms with van der Waals surface area (Å²) in [7, 11) is 0. The van der Waals surface area contributed by atoms with E-state index < -0.39 is 5.60 Å². The molecule has 1 aromatic carbocycles. The number of ether oxygens (including phenoxy) is 1. The third-order valence-electron chi connectivity index (χ3n) is 2.87. The zero-order chi connectivity index (χ0) is 15.9. The summed E-state index contributed by atoms with van der Waals surface area (Å²) in [6.45, 7) is 6.08. The van der Waals surface area contributed by atoms with Crippen LogP contribution in [0.5, 0.6) is 5.75 Å². The maximum atomic E-state index is 12.3. The highest BCUT2D eigenvalue weighted by Crippen LogP contribution is 2.15. The van der Waals surface area contributed by atoms with Gasteiger partial charge in [0, 0.05) is 13.1 Å². The second-order valence-corrected chi connectivity index (χ2v) is 5.49. The van der Waals surface area contributed by atoms with E-state index in [2.05, 4.69) is 0 Å². The van der Waals surface area contributed by atoms with Crippen molar-refractivity contribution in [3.8, 4) is 11.8 Å². The molecule has 0 unspecified atom stereocenters. The van der Waals surface area contributed by atoms with E-state index >= 15 is 0 Å². The van der Waals surface area contributed by atoms with Gasteiger partial charge in [0.05, 0.1) is 12.0 Å². The van der Waals surface area contributed by atoms with E-state index in [1.54, 1.807) is 36.9 Å². The van der Waals surface area contributed by atoms with Crippen molar-refractivity contribution in [1.29, 1.82) is 5.26 Å². The minimum Gasteiger partial charge on any atom is -0.479 e. The van der Waals surface area contributed by atoms with Crippen molar-refractivity contribution in [3.63, 3.8) is 0 Å². The summed E-state index contributed by atoms with van der Waals surface area (Å²) in [5.41, 5.74) is -0.0895. The Hall–Kier alpha value is -2.06. The fourth-order valence-electron chi connectivity index (χ4n) is 1.99. The van der Waals surface area contributed by atoms with Crippen molar-refractivity contribution in [1.82, 2.24) is 4.90 Å². The van der Waals surface area contributed by atoms with Crippen LogP contribution < -0.4 is 4.74 Å². The Balaban J connectivity index is 2.71. The first-order valence-corrected chi connectivity index (χ1v) is 6.94. The molecule has 0 aliphatic heterocycles. The summed E-state index contributed by atoms with van der Waals surface area (Å²) in [5, 5.41) is 18.3. The van der Waals surface area contributed by atoms with Crippen molar-refractivity contribution in [2.75, 3.05) is 19.7 Å². The van der Waals surface area contributed by atoms with Crippen LogP contribution in [0.2, 0.25) is 0 Å². The van der Waals surface area contributed by atoms with Gasteiger partial charge in [-0.25, -0.2) is 0 Å². The molecular formula is C16H22N2O3. The molecule has 0 saturated heterocycles. The van der Waals surface area contributed by atoms with E-state index in [0.29, 0.717) is 18.8 Å². The number of benzene rings is 1. The smallest absolute Gasteiger partial charge is 0.227 e. The number of rotatable bonds is 7. The molecule has 0 spiro atoms. The number of likely N-dealkylation sites (N-methyl/N-ethyl adjacent to an activating group) is 1. The van der Waals surface area contributed by atoms with Gasteiger partial charge in [0.15, 0.2) is 6.61 Å². The monoisotopic (exact) mass is 290 g/mol. The molecule has 5 heteroatoms. The van der Waals surface area contributed by atoms with Crippen molar-refractivity contribution < 1.29 is 14.6 Å². The molecule has 1 amide bonds. The van der Waals surface area contributed by atoms with Gasteiger partial charge in [0.1, 0.15) is 11.8 Å². The number of nitrogens with zero attached hydrogens (tertiary/aromatic N) is 2. The fourth-order valence-corrected chi connectivity index (χ4v) is 1.99. The van der Waals surface area contributed by atoms with E-state index in [4.69, 9.17) is 10.00 Å². The first-order valence-electron chi connectivity index (χ1n) is 6.94. The zero-order valence-corrected chi connectivity index (χ0v) is 12.8. The molecule has 1 aromatic rings. The number of carbonyl (C=O) groups excluding carboxylic acids is 1. The molecule has 0 heterocycles. The summed E-state index contributed by atoms with van der Waals surface area (Å²) >= 11 is 0. The van der Waals surface area contributed by atoms with E-state index in [-0.39, 0.29) is 18.9 Å². The molecule has 5 nitrogen and oxygen atoms in total. The van der Waals surface area contributed by atoms with Gasteiger partial charge in [0.25, 0.3) is 0 Å². The highest BCUT2D eigenvalue weighted by atomic mass is 16.5. The first-order chi connectivity index (χ1) is 9.85. The second-order valence-electron chi connectivity index (χ2n) is 5.49. The van der Waals surface area contributed by atoms with Crippen LogP contribution in [0.3, 0.4) is 0 Å². The third kappa shape index (κ3) is 6.28. The second kappa shape index (κ2) is 7.65. The Bertz CT molecular complexity index is 515. The Morgan fingerprint density at radius 2 is 2.19 bits per heavy atom. The Kier molecular flexibility index (Phi) is 6.19. The van der Waals surface area contributed by atoms with Gasteiger partial charge in [-0.3, -0.25) is 4.79 Å². The lowest BCUT2D eigenvalue weighted by molar-refractivity contribution is -0.133.